The monoisotopic (exact) mass is 404 g/mol. The third-order valence-electron chi connectivity index (χ3n) is 3.91. The summed E-state index contributed by atoms with van der Waals surface area (Å²) in [4.78, 5) is 29.1. The number of hydrogen-bond acceptors (Lipinski definition) is 7. The van der Waals surface area contributed by atoms with Crippen molar-refractivity contribution in [2.75, 3.05) is 20.8 Å². The number of benzene rings is 1. The predicted molar refractivity (Wildman–Crippen MR) is 103 cm³/mol. The van der Waals surface area contributed by atoms with Crippen molar-refractivity contribution in [3.05, 3.63) is 34.9 Å². The van der Waals surface area contributed by atoms with E-state index >= 15 is 0 Å². The van der Waals surface area contributed by atoms with E-state index in [0.717, 1.165) is 4.70 Å². The molecule has 0 unspecified atom stereocenters. The first-order valence-electron chi connectivity index (χ1n) is 8.46. The van der Waals surface area contributed by atoms with E-state index < -0.39 is 11.9 Å². The Morgan fingerprint density at radius 3 is 2.54 bits per heavy atom. The summed E-state index contributed by atoms with van der Waals surface area (Å²) >= 11 is 1.26. The molecule has 0 aliphatic rings. The van der Waals surface area contributed by atoms with Gasteiger partial charge in [-0.2, -0.15) is 10.1 Å². The maximum absolute atomic E-state index is 12.5. The third-order valence-corrected chi connectivity index (χ3v) is 4.95. The number of aryl methyl sites for hydroxylation is 1. The molecule has 9 nitrogen and oxygen atoms in total. The molecule has 2 heterocycles. The smallest absolute Gasteiger partial charge is 0.326 e. The fourth-order valence-corrected chi connectivity index (χ4v) is 3.68. The number of esters is 1. The number of thiazole rings is 1. The van der Waals surface area contributed by atoms with Crippen molar-refractivity contribution >= 4 is 33.4 Å². The molecule has 0 aliphatic carbocycles. The average Bonchev–Trinajstić information content (AvgIpc) is 3.24. The maximum atomic E-state index is 12.5. The quantitative estimate of drug-likeness (QED) is 0.581. The summed E-state index contributed by atoms with van der Waals surface area (Å²) in [6, 6.07) is 5.11. The Labute approximate surface area is 164 Å². The van der Waals surface area contributed by atoms with Gasteiger partial charge in [0.1, 0.15) is 6.54 Å². The van der Waals surface area contributed by atoms with Gasteiger partial charge in [-0.05, 0) is 13.0 Å². The highest BCUT2D eigenvalue weighted by Crippen LogP contribution is 2.33. The Morgan fingerprint density at radius 1 is 1.21 bits per heavy atom. The average molecular weight is 404 g/mol. The van der Waals surface area contributed by atoms with Crippen LogP contribution in [0.1, 0.15) is 17.4 Å². The number of rotatable bonds is 6. The lowest BCUT2D eigenvalue weighted by molar-refractivity contribution is -0.143. The SMILES string of the molecule is CCOC(=O)Cn1c(=NC(=O)c2ccn(C)n2)sc2cc(OC)c(OC)cc21. The number of methoxy groups -OCH3 is 2. The highest BCUT2D eigenvalue weighted by atomic mass is 32.1. The van der Waals surface area contributed by atoms with E-state index in [9.17, 15) is 9.59 Å². The minimum Gasteiger partial charge on any atom is -0.493 e. The minimum atomic E-state index is -0.497. The molecule has 2 aromatic heterocycles. The zero-order valence-electron chi connectivity index (χ0n) is 16.0. The number of hydrogen-bond donors (Lipinski definition) is 0. The molecule has 10 heteroatoms. The van der Waals surface area contributed by atoms with E-state index in [1.807, 2.05) is 0 Å². The van der Waals surface area contributed by atoms with E-state index in [1.165, 1.54) is 23.1 Å². The van der Waals surface area contributed by atoms with Gasteiger partial charge in [-0.25, -0.2) is 0 Å². The van der Waals surface area contributed by atoms with Crippen molar-refractivity contribution in [2.24, 2.45) is 12.0 Å². The van der Waals surface area contributed by atoms with Crippen molar-refractivity contribution < 1.29 is 23.8 Å². The summed E-state index contributed by atoms with van der Waals surface area (Å²) in [6.07, 6.45) is 1.66. The normalized spacial score (nSPS) is 11.6. The van der Waals surface area contributed by atoms with Crippen LogP contribution in [0.3, 0.4) is 0 Å². The third kappa shape index (κ3) is 3.91. The van der Waals surface area contributed by atoms with Crippen LogP contribution < -0.4 is 14.3 Å². The van der Waals surface area contributed by atoms with Gasteiger partial charge in [-0.3, -0.25) is 14.3 Å². The number of fused-ring (bicyclic) bond motifs is 1. The van der Waals surface area contributed by atoms with Gasteiger partial charge in [0, 0.05) is 25.4 Å². The number of amides is 1. The second-order valence-corrected chi connectivity index (χ2v) is 6.75. The fourth-order valence-electron chi connectivity index (χ4n) is 2.64. The molecule has 0 atom stereocenters. The van der Waals surface area contributed by atoms with Gasteiger partial charge in [0.25, 0.3) is 5.91 Å². The summed E-state index contributed by atoms with van der Waals surface area (Å²) in [7, 11) is 4.79. The van der Waals surface area contributed by atoms with Crippen LogP contribution in [0.25, 0.3) is 10.2 Å². The Bertz CT molecular complexity index is 1100. The van der Waals surface area contributed by atoms with Gasteiger partial charge in [0.2, 0.25) is 0 Å². The van der Waals surface area contributed by atoms with Crippen LogP contribution in [0.4, 0.5) is 0 Å². The van der Waals surface area contributed by atoms with Crippen LogP contribution in [0.5, 0.6) is 11.5 Å². The molecule has 0 saturated heterocycles. The lowest BCUT2D eigenvalue weighted by Gasteiger charge is -2.09. The molecule has 1 amide bonds. The molecule has 148 valence electrons. The Balaban J connectivity index is 2.17. The van der Waals surface area contributed by atoms with E-state index in [2.05, 4.69) is 10.1 Å². The van der Waals surface area contributed by atoms with Crippen LogP contribution in [0, 0.1) is 0 Å². The molecule has 28 heavy (non-hydrogen) atoms. The molecule has 0 bridgehead atoms. The van der Waals surface area contributed by atoms with E-state index in [4.69, 9.17) is 14.2 Å². The Kier molecular flexibility index (Phi) is 5.78. The first kappa shape index (κ1) is 19.6. The molecule has 0 fully saturated rings. The van der Waals surface area contributed by atoms with E-state index in [1.54, 1.807) is 50.0 Å². The van der Waals surface area contributed by atoms with Crippen LogP contribution in [0.2, 0.25) is 0 Å². The number of ether oxygens (including phenoxy) is 3. The molecule has 3 aromatic rings. The number of carbonyl (C=O) groups is 2. The molecule has 0 saturated carbocycles. The second kappa shape index (κ2) is 8.26. The highest BCUT2D eigenvalue weighted by molar-refractivity contribution is 7.16. The van der Waals surface area contributed by atoms with Crippen LogP contribution >= 0.6 is 11.3 Å². The summed E-state index contributed by atoms with van der Waals surface area (Å²) in [5.74, 6) is 0.127. The molecule has 1 aromatic carbocycles. The van der Waals surface area contributed by atoms with Gasteiger partial charge >= 0.3 is 5.97 Å². The molecular formula is C18H20N4O5S. The lowest BCUT2D eigenvalue weighted by Crippen LogP contribution is -2.23. The Hall–Kier alpha value is -3.14. The van der Waals surface area contributed by atoms with Crippen molar-refractivity contribution in [2.45, 2.75) is 13.5 Å². The minimum absolute atomic E-state index is 0.0857. The fraction of sp³-hybridized carbons (Fsp3) is 0.333. The van der Waals surface area contributed by atoms with E-state index in [0.29, 0.717) is 21.8 Å². The van der Waals surface area contributed by atoms with E-state index in [-0.39, 0.29) is 18.8 Å². The van der Waals surface area contributed by atoms with Gasteiger partial charge < -0.3 is 18.8 Å². The molecule has 0 radical (unpaired) electrons. The van der Waals surface area contributed by atoms with Crippen LogP contribution in [0.15, 0.2) is 29.4 Å². The first-order valence-corrected chi connectivity index (χ1v) is 9.28. The second-order valence-electron chi connectivity index (χ2n) is 5.74. The summed E-state index contributed by atoms with van der Waals surface area (Å²) in [6.45, 7) is 1.91. The number of carbonyl (C=O) groups excluding carboxylic acids is 2. The molecule has 0 N–H and O–H groups in total. The largest absolute Gasteiger partial charge is 0.493 e. The predicted octanol–water partition coefficient (Wildman–Crippen LogP) is 1.76. The zero-order chi connectivity index (χ0) is 20.3. The van der Waals surface area contributed by atoms with Crippen molar-refractivity contribution in [3.63, 3.8) is 0 Å². The number of aromatic nitrogens is 3. The highest BCUT2D eigenvalue weighted by Gasteiger charge is 2.16. The van der Waals surface area contributed by atoms with Crippen LogP contribution in [-0.2, 0) is 23.1 Å². The first-order chi connectivity index (χ1) is 13.5. The maximum Gasteiger partial charge on any atom is 0.326 e. The van der Waals surface area contributed by atoms with Gasteiger partial charge in [-0.15, -0.1) is 0 Å². The summed E-state index contributed by atoms with van der Waals surface area (Å²) < 4.78 is 19.7. The molecule has 0 aliphatic heterocycles. The summed E-state index contributed by atoms with van der Waals surface area (Å²) in [5, 5.41) is 4.07. The standard InChI is InChI=1S/C18H20N4O5S/c1-5-27-16(23)10-22-12-8-13(25-3)14(26-4)9-15(12)28-18(22)19-17(24)11-6-7-21(2)20-11/h6-9H,5,10H2,1-4H3. The zero-order valence-corrected chi connectivity index (χ0v) is 16.8. The topological polar surface area (TPSA) is 96.9 Å². The number of nitrogens with zero attached hydrogens (tertiary/aromatic N) is 4. The Morgan fingerprint density at radius 2 is 1.93 bits per heavy atom. The lowest BCUT2D eigenvalue weighted by atomic mass is 10.3. The molecular weight excluding hydrogens is 384 g/mol. The summed E-state index contributed by atoms with van der Waals surface area (Å²) in [5.41, 5.74) is 0.904. The molecule has 0 spiro atoms. The van der Waals surface area contributed by atoms with Crippen molar-refractivity contribution in [1.82, 2.24) is 14.3 Å². The van der Waals surface area contributed by atoms with Gasteiger partial charge in [0.05, 0.1) is 31.0 Å². The van der Waals surface area contributed by atoms with Crippen molar-refractivity contribution in [1.29, 1.82) is 0 Å². The van der Waals surface area contributed by atoms with Gasteiger partial charge in [0.15, 0.2) is 22.0 Å². The van der Waals surface area contributed by atoms with Crippen LogP contribution in [-0.4, -0.2) is 47.1 Å². The van der Waals surface area contributed by atoms with Crippen molar-refractivity contribution in [3.8, 4) is 11.5 Å². The van der Waals surface area contributed by atoms with Gasteiger partial charge in [-0.1, -0.05) is 11.3 Å². The molecule has 3 rings (SSSR count).